The van der Waals surface area contributed by atoms with E-state index >= 15 is 0 Å². The summed E-state index contributed by atoms with van der Waals surface area (Å²) < 4.78 is 10.4. The molecule has 3 rings (SSSR count). The first-order valence-corrected chi connectivity index (χ1v) is 10.3. The number of nitrogens with one attached hydrogen (secondary N) is 3. The number of methoxy groups -OCH3 is 1. The smallest absolute Gasteiger partial charge is 0.407 e. The average Bonchev–Trinajstić information content (AvgIpc) is 3.40. The number of aromatic nitrogens is 3. The van der Waals surface area contributed by atoms with Crippen molar-refractivity contribution in [3.63, 3.8) is 0 Å². The monoisotopic (exact) mass is 415 g/mol. The molecular weight excluding hydrogens is 386 g/mol. The molecule has 1 aliphatic rings. The first-order valence-electron chi connectivity index (χ1n) is 10.3. The minimum Gasteiger partial charge on any atom is -0.481 e. The second-order valence-corrected chi connectivity index (χ2v) is 7.54. The van der Waals surface area contributed by atoms with E-state index in [9.17, 15) is 9.59 Å². The number of anilines is 1. The van der Waals surface area contributed by atoms with Crippen LogP contribution in [0.2, 0.25) is 0 Å². The molecule has 1 aliphatic carbocycles. The van der Waals surface area contributed by atoms with Gasteiger partial charge in [-0.3, -0.25) is 9.89 Å². The van der Waals surface area contributed by atoms with Gasteiger partial charge in [0.05, 0.1) is 20.1 Å². The van der Waals surface area contributed by atoms with Crippen LogP contribution < -0.4 is 15.4 Å². The summed E-state index contributed by atoms with van der Waals surface area (Å²) in [6.07, 6.45) is 5.28. The van der Waals surface area contributed by atoms with E-state index in [1.54, 1.807) is 25.4 Å². The number of alkyl carbamates (subject to hydrolysis) is 1. The molecule has 0 unspecified atom stereocenters. The van der Waals surface area contributed by atoms with Gasteiger partial charge in [-0.05, 0) is 43.2 Å². The molecule has 0 radical (unpaired) electrons. The van der Waals surface area contributed by atoms with E-state index in [1.807, 2.05) is 13.0 Å². The van der Waals surface area contributed by atoms with Gasteiger partial charge in [-0.1, -0.05) is 6.92 Å². The van der Waals surface area contributed by atoms with Gasteiger partial charge >= 0.3 is 6.09 Å². The molecule has 0 aliphatic heterocycles. The van der Waals surface area contributed by atoms with Crippen LogP contribution in [0.5, 0.6) is 5.88 Å². The first kappa shape index (κ1) is 21.6. The van der Waals surface area contributed by atoms with Gasteiger partial charge in [-0.15, -0.1) is 0 Å². The molecule has 162 valence electrons. The van der Waals surface area contributed by atoms with E-state index in [-0.39, 0.29) is 18.4 Å². The summed E-state index contributed by atoms with van der Waals surface area (Å²) in [5, 5.41) is 12.8. The van der Waals surface area contributed by atoms with Crippen LogP contribution in [0.15, 0.2) is 24.4 Å². The molecule has 2 atom stereocenters. The van der Waals surface area contributed by atoms with Crippen molar-refractivity contribution in [3.05, 3.63) is 35.7 Å². The van der Waals surface area contributed by atoms with E-state index in [0.717, 1.165) is 36.9 Å². The van der Waals surface area contributed by atoms with Gasteiger partial charge in [0.25, 0.3) is 0 Å². The van der Waals surface area contributed by atoms with Gasteiger partial charge in [0.15, 0.2) is 5.82 Å². The van der Waals surface area contributed by atoms with E-state index in [1.165, 1.54) is 0 Å². The normalized spacial score (nSPS) is 18.1. The van der Waals surface area contributed by atoms with Crippen molar-refractivity contribution in [1.82, 2.24) is 20.5 Å². The number of H-pyrrole nitrogens is 1. The van der Waals surface area contributed by atoms with Crippen molar-refractivity contribution in [1.29, 1.82) is 0 Å². The molecule has 9 nitrogen and oxygen atoms in total. The molecule has 1 saturated carbocycles. The van der Waals surface area contributed by atoms with Crippen LogP contribution in [0.4, 0.5) is 10.6 Å². The van der Waals surface area contributed by atoms with Crippen LogP contribution in [0.3, 0.4) is 0 Å². The standard InChI is InChI=1S/C21H29N5O4/c1-3-7-23-21(28)30-13-15-4-5-16(9-15)17-12-18(26-25-17)24-19(27)10-14-6-8-22-20(11-14)29-2/h6,8,11-12,15-16H,3-5,7,9-10,13H2,1-2H3,(H,23,28)(H2,24,25,26,27)/t15-,16+/m1/s1. The lowest BCUT2D eigenvalue weighted by Gasteiger charge is -2.11. The van der Waals surface area contributed by atoms with Crippen molar-refractivity contribution >= 4 is 17.8 Å². The van der Waals surface area contributed by atoms with Gasteiger partial charge in [0.1, 0.15) is 0 Å². The molecule has 3 N–H and O–H groups in total. The highest BCUT2D eigenvalue weighted by molar-refractivity contribution is 5.91. The predicted octanol–water partition coefficient (Wildman–Crippen LogP) is 3.01. The highest BCUT2D eigenvalue weighted by Gasteiger charge is 2.28. The van der Waals surface area contributed by atoms with Gasteiger partial charge in [0, 0.05) is 36.5 Å². The van der Waals surface area contributed by atoms with Crippen molar-refractivity contribution in [2.75, 3.05) is 25.6 Å². The molecule has 0 spiro atoms. The predicted molar refractivity (Wildman–Crippen MR) is 111 cm³/mol. The van der Waals surface area contributed by atoms with Crippen molar-refractivity contribution in [3.8, 4) is 5.88 Å². The Morgan fingerprint density at radius 1 is 1.30 bits per heavy atom. The SMILES string of the molecule is CCCNC(=O)OC[C@@H]1CC[C@H](c2cc(NC(=O)Cc3ccnc(OC)c3)n[nH]2)C1. The topological polar surface area (TPSA) is 118 Å². The Morgan fingerprint density at radius 3 is 2.97 bits per heavy atom. The van der Waals surface area contributed by atoms with Crippen molar-refractivity contribution in [2.24, 2.45) is 5.92 Å². The first-order chi connectivity index (χ1) is 14.6. The van der Waals surface area contributed by atoms with Crippen LogP contribution in [0.25, 0.3) is 0 Å². The Labute approximate surface area is 175 Å². The van der Waals surface area contributed by atoms with E-state index in [2.05, 4.69) is 25.8 Å². The van der Waals surface area contributed by atoms with E-state index < -0.39 is 0 Å². The van der Waals surface area contributed by atoms with Gasteiger partial charge in [-0.25, -0.2) is 9.78 Å². The molecule has 0 aromatic carbocycles. The number of aromatic amines is 1. The number of hydrogen-bond donors (Lipinski definition) is 3. The Bertz CT molecular complexity index is 853. The molecule has 0 bridgehead atoms. The lowest BCUT2D eigenvalue weighted by molar-refractivity contribution is -0.115. The number of nitrogens with zero attached hydrogens (tertiary/aromatic N) is 2. The number of pyridine rings is 1. The highest BCUT2D eigenvalue weighted by atomic mass is 16.5. The Kier molecular flexibility index (Phi) is 7.64. The summed E-state index contributed by atoms with van der Waals surface area (Å²) in [6.45, 7) is 3.06. The van der Waals surface area contributed by atoms with Crippen LogP contribution >= 0.6 is 0 Å². The van der Waals surface area contributed by atoms with E-state index in [4.69, 9.17) is 9.47 Å². The lowest BCUT2D eigenvalue weighted by Crippen LogP contribution is -2.26. The molecule has 2 heterocycles. The maximum absolute atomic E-state index is 12.3. The van der Waals surface area contributed by atoms with E-state index in [0.29, 0.717) is 36.7 Å². The maximum atomic E-state index is 12.3. The fraction of sp³-hybridized carbons (Fsp3) is 0.524. The fourth-order valence-corrected chi connectivity index (χ4v) is 3.63. The molecule has 2 amide bonds. The van der Waals surface area contributed by atoms with Crippen LogP contribution in [-0.2, 0) is 16.0 Å². The van der Waals surface area contributed by atoms with Gasteiger partial charge < -0.3 is 20.1 Å². The molecule has 30 heavy (non-hydrogen) atoms. The third kappa shape index (κ3) is 6.20. The number of ether oxygens (including phenoxy) is 2. The number of hydrogen-bond acceptors (Lipinski definition) is 6. The second-order valence-electron chi connectivity index (χ2n) is 7.54. The molecule has 9 heteroatoms. The Balaban J connectivity index is 1.45. The Hall–Kier alpha value is -3.10. The number of rotatable bonds is 9. The third-order valence-electron chi connectivity index (χ3n) is 5.19. The minimum absolute atomic E-state index is 0.155. The summed E-state index contributed by atoms with van der Waals surface area (Å²) in [5.41, 5.74) is 1.81. The van der Waals surface area contributed by atoms with Crippen LogP contribution in [0, 0.1) is 5.92 Å². The minimum atomic E-state index is -0.348. The zero-order chi connectivity index (χ0) is 21.3. The molecule has 2 aromatic heterocycles. The molecular formula is C21H29N5O4. The van der Waals surface area contributed by atoms with Crippen molar-refractivity contribution < 1.29 is 19.1 Å². The number of carbonyl (C=O) groups is 2. The van der Waals surface area contributed by atoms with Gasteiger partial charge in [-0.2, -0.15) is 5.10 Å². The molecule has 1 fully saturated rings. The second kappa shape index (κ2) is 10.6. The summed E-state index contributed by atoms with van der Waals surface area (Å²) >= 11 is 0. The average molecular weight is 415 g/mol. The fourth-order valence-electron chi connectivity index (χ4n) is 3.63. The zero-order valence-corrected chi connectivity index (χ0v) is 17.4. The van der Waals surface area contributed by atoms with Crippen molar-refractivity contribution in [2.45, 2.75) is 44.9 Å². The maximum Gasteiger partial charge on any atom is 0.407 e. The number of carbonyl (C=O) groups excluding carboxylic acids is 2. The van der Waals surface area contributed by atoms with Crippen LogP contribution in [-0.4, -0.2) is 47.4 Å². The summed E-state index contributed by atoms with van der Waals surface area (Å²) in [6, 6.07) is 5.40. The highest BCUT2D eigenvalue weighted by Crippen LogP contribution is 2.38. The summed E-state index contributed by atoms with van der Waals surface area (Å²) in [5.74, 6) is 1.49. The van der Waals surface area contributed by atoms with Crippen LogP contribution in [0.1, 0.15) is 49.8 Å². The summed E-state index contributed by atoms with van der Waals surface area (Å²) in [7, 11) is 1.54. The lowest BCUT2D eigenvalue weighted by atomic mass is 10.0. The largest absolute Gasteiger partial charge is 0.481 e. The third-order valence-corrected chi connectivity index (χ3v) is 5.19. The summed E-state index contributed by atoms with van der Waals surface area (Å²) in [4.78, 5) is 27.9. The number of amides is 2. The van der Waals surface area contributed by atoms with Gasteiger partial charge in [0.2, 0.25) is 11.8 Å². The molecule has 0 saturated heterocycles. The Morgan fingerprint density at radius 2 is 2.17 bits per heavy atom. The zero-order valence-electron chi connectivity index (χ0n) is 17.4. The quantitative estimate of drug-likeness (QED) is 0.579. The molecule has 2 aromatic rings.